The van der Waals surface area contributed by atoms with Gasteiger partial charge in [-0.25, -0.2) is 9.18 Å². The molecule has 118 valence electrons. The Morgan fingerprint density at radius 3 is 2.82 bits per heavy atom. The number of ketones is 1. The van der Waals surface area contributed by atoms with E-state index in [1.807, 2.05) is 0 Å². The second-order valence-electron chi connectivity index (χ2n) is 4.62. The Bertz CT molecular complexity index is 675. The van der Waals surface area contributed by atoms with Gasteiger partial charge in [-0.15, -0.1) is 0 Å². The van der Waals surface area contributed by atoms with Crippen LogP contribution in [0.2, 0.25) is 5.02 Å². The van der Waals surface area contributed by atoms with E-state index in [9.17, 15) is 19.1 Å². The third kappa shape index (κ3) is 2.71. The Kier molecular flexibility index (Phi) is 4.27. The number of nitrogens with one attached hydrogen (secondary N) is 1. The van der Waals surface area contributed by atoms with Crippen LogP contribution in [0.5, 0.6) is 0 Å². The molecule has 1 heterocycles. The quantitative estimate of drug-likeness (QED) is 0.890. The Labute approximate surface area is 130 Å². The number of amides is 1. The molecule has 0 aliphatic carbocycles. The maximum Gasteiger partial charge on any atom is 0.414 e. The predicted octanol–water partition coefficient (Wildman–Crippen LogP) is 2.77. The minimum Gasteiger partial charge on any atom is -0.501 e. The normalized spacial score (nSPS) is 20.8. The Hall–Kier alpha value is -2.28. The van der Waals surface area contributed by atoms with Crippen molar-refractivity contribution >= 4 is 23.5 Å². The van der Waals surface area contributed by atoms with Crippen molar-refractivity contribution in [1.82, 2.24) is 5.32 Å². The topological polar surface area (TPSA) is 84.9 Å². The zero-order valence-corrected chi connectivity index (χ0v) is 12.5. The molecule has 0 fully saturated rings. The summed E-state index contributed by atoms with van der Waals surface area (Å²) in [4.78, 5) is 23.5. The number of benzene rings is 1. The molecule has 1 atom stereocenters. The second-order valence-corrected chi connectivity index (χ2v) is 5.02. The van der Waals surface area contributed by atoms with Crippen molar-refractivity contribution in [1.29, 1.82) is 0 Å². The molecule has 1 amide bonds. The highest BCUT2D eigenvalue weighted by Crippen LogP contribution is 2.37. The van der Waals surface area contributed by atoms with Crippen LogP contribution in [-0.2, 0) is 19.9 Å². The van der Waals surface area contributed by atoms with Gasteiger partial charge in [-0.1, -0.05) is 17.7 Å². The van der Waals surface area contributed by atoms with Gasteiger partial charge < -0.3 is 14.6 Å². The van der Waals surface area contributed by atoms with Crippen molar-refractivity contribution in [2.45, 2.75) is 19.4 Å². The van der Waals surface area contributed by atoms with Crippen molar-refractivity contribution in [3.63, 3.8) is 0 Å². The fourth-order valence-corrected chi connectivity index (χ4v) is 2.07. The van der Waals surface area contributed by atoms with Crippen LogP contribution in [0, 0.1) is 5.82 Å². The van der Waals surface area contributed by atoms with E-state index in [1.165, 1.54) is 19.1 Å². The lowest BCUT2D eigenvalue weighted by molar-refractivity contribution is -0.131. The number of carbonyl (C=O) groups excluding carboxylic acids is 2. The number of carbonyl (C=O) groups is 2. The monoisotopic (exact) mass is 329 g/mol. The molecule has 1 aromatic rings. The summed E-state index contributed by atoms with van der Waals surface area (Å²) in [6.45, 7) is 3.04. The molecular formula is C14H13ClFNO5. The maximum atomic E-state index is 13.6. The van der Waals surface area contributed by atoms with Crippen LogP contribution in [0.4, 0.5) is 9.18 Å². The highest BCUT2D eigenvalue weighted by Gasteiger charge is 2.48. The fraction of sp³-hybridized carbons (Fsp3) is 0.286. The van der Waals surface area contributed by atoms with Crippen LogP contribution in [-0.4, -0.2) is 23.6 Å². The van der Waals surface area contributed by atoms with E-state index in [1.54, 1.807) is 6.92 Å². The number of aliphatic hydroxyl groups is 1. The lowest BCUT2D eigenvalue weighted by Gasteiger charge is -2.23. The highest BCUT2D eigenvalue weighted by atomic mass is 35.5. The van der Waals surface area contributed by atoms with E-state index in [2.05, 4.69) is 10.1 Å². The Balaban J connectivity index is 2.29. The number of hydrogen-bond donors (Lipinski definition) is 2. The third-order valence-corrected chi connectivity index (χ3v) is 3.44. The lowest BCUT2D eigenvalue weighted by atomic mass is 9.91. The Morgan fingerprint density at radius 2 is 2.23 bits per heavy atom. The first-order valence-corrected chi connectivity index (χ1v) is 6.73. The minimum atomic E-state index is -1.68. The van der Waals surface area contributed by atoms with Gasteiger partial charge in [0.25, 0.3) is 5.78 Å². The number of rotatable bonds is 3. The van der Waals surface area contributed by atoms with Gasteiger partial charge in [0, 0.05) is 5.56 Å². The molecule has 6 nitrogen and oxygen atoms in total. The zero-order valence-electron chi connectivity index (χ0n) is 11.8. The van der Waals surface area contributed by atoms with Gasteiger partial charge in [0.2, 0.25) is 11.6 Å². The molecule has 1 aliphatic heterocycles. The smallest absolute Gasteiger partial charge is 0.414 e. The van der Waals surface area contributed by atoms with Crippen LogP contribution >= 0.6 is 11.6 Å². The summed E-state index contributed by atoms with van der Waals surface area (Å²) >= 11 is 5.60. The first kappa shape index (κ1) is 16.1. The first-order chi connectivity index (χ1) is 10.3. The molecule has 0 radical (unpaired) electrons. The molecule has 1 aliphatic rings. The average molecular weight is 330 g/mol. The number of Topliss-reactive ketones (excluding diaryl/α,β-unsaturated/α-hetero) is 1. The van der Waals surface area contributed by atoms with Gasteiger partial charge in [0.15, 0.2) is 5.60 Å². The molecule has 0 bridgehead atoms. The third-order valence-electron chi connectivity index (χ3n) is 3.13. The van der Waals surface area contributed by atoms with Crippen LogP contribution in [0.25, 0.3) is 0 Å². The van der Waals surface area contributed by atoms with E-state index in [0.717, 1.165) is 6.07 Å². The SMILES string of the molecule is CCOC(=O)NC1=C(O)C(=O)C(C)(c2ccc(Cl)c(F)c2)O1. The van der Waals surface area contributed by atoms with Crippen LogP contribution in [0.3, 0.4) is 0 Å². The van der Waals surface area contributed by atoms with Gasteiger partial charge >= 0.3 is 6.09 Å². The second kappa shape index (κ2) is 5.84. The van der Waals surface area contributed by atoms with Crippen LogP contribution < -0.4 is 5.32 Å². The number of hydrogen-bond acceptors (Lipinski definition) is 5. The molecule has 8 heteroatoms. The molecular weight excluding hydrogens is 317 g/mol. The van der Waals surface area contributed by atoms with Gasteiger partial charge in [-0.05, 0) is 26.0 Å². The van der Waals surface area contributed by atoms with Crippen molar-refractivity contribution in [3.8, 4) is 0 Å². The van der Waals surface area contributed by atoms with Crippen molar-refractivity contribution in [2.75, 3.05) is 6.61 Å². The molecule has 2 rings (SSSR count). The number of alkyl carbamates (subject to hydrolysis) is 1. The zero-order chi connectivity index (χ0) is 16.5. The molecule has 0 aromatic heterocycles. The molecule has 2 N–H and O–H groups in total. The standard InChI is InChI=1S/C14H13ClFNO5/c1-3-21-13(20)17-12-10(18)11(19)14(2,22-12)7-4-5-8(15)9(16)6-7/h4-6,18H,3H2,1-2H3,(H,17,20). The van der Waals surface area contributed by atoms with Crippen LogP contribution in [0.1, 0.15) is 19.4 Å². The maximum absolute atomic E-state index is 13.6. The summed E-state index contributed by atoms with van der Waals surface area (Å²) in [5.74, 6) is -2.77. The lowest BCUT2D eigenvalue weighted by Crippen LogP contribution is -2.32. The van der Waals surface area contributed by atoms with Gasteiger partial charge in [-0.2, -0.15) is 0 Å². The van der Waals surface area contributed by atoms with Crippen molar-refractivity contribution in [2.24, 2.45) is 0 Å². The number of halogens is 2. The summed E-state index contributed by atoms with van der Waals surface area (Å²) in [5.41, 5.74) is -1.53. The summed E-state index contributed by atoms with van der Waals surface area (Å²) in [6, 6.07) is 3.69. The minimum absolute atomic E-state index is 0.105. The van der Waals surface area contributed by atoms with E-state index < -0.39 is 34.9 Å². The highest BCUT2D eigenvalue weighted by molar-refractivity contribution is 6.30. The van der Waals surface area contributed by atoms with Gasteiger partial charge in [0.1, 0.15) is 5.82 Å². The summed E-state index contributed by atoms with van der Waals surface area (Å²) in [6.07, 6.45) is -0.886. The summed E-state index contributed by atoms with van der Waals surface area (Å²) in [7, 11) is 0. The Morgan fingerprint density at radius 1 is 1.55 bits per heavy atom. The molecule has 0 spiro atoms. The number of aliphatic hydroxyl groups excluding tert-OH is 1. The largest absolute Gasteiger partial charge is 0.501 e. The van der Waals surface area contributed by atoms with E-state index in [4.69, 9.17) is 16.3 Å². The van der Waals surface area contributed by atoms with E-state index >= 15 is 0 Å². The van der Waals surface area contributed by atoms with Crippen LogP contribution in [0.15, 0.2) is 29.8 Å². The van der Waals surface area contributed by atoms with Gasteiger partial charge in [0.05, 0.1) is 11.6 Å². The number of ether oxygens (including phenoxy) is 2. The first-order valence-electron chi connectivity index (χ1n) is 6.36. The molecule has 0 saturated heterocycles. The van der Waals surface area contributed by atoms with E-state index in [0.29, 0.717) is 0 Å². The van der Waals surface area contributed by atoms with Crippen molar-refractivity contribution < 1.29 is 28.6 Å². The molecule has 1 unspecified atom stereocenters. The van der Waals surface area contributed by atoms with E-state index in [-0.39, 0.29) is 17.2 Å². The fourth-order valence-electron chi connectivity index (χ4n) is 1.96. The molecule has 0 saturated carbocycles. The summed E-state index contributed by atoms with van der Waals surface area (Å²) < 4.78 is 23.5. The van der Waals surface area contributed by atoms with Gasteiger partial charge in [-0.3, -0.25) is 10.1 Å². The molecule has 1 aromatic carbocycles. The predicted molar refractivity (Wildman–Crippen MR) is 74.7 cm³/mol. The van der Waals surface area contributed by atoms with Crippen molar-refractivity contribution in [3.05, 3.63) is 46.2 Å². The summed E-state index contributed by atoms with van der Waals surface area (Å²) in [5, 5.41) is 11.8. The molecule has 22 heavy (non-hydrogen) atoms. The average Bonchev–Trinajstić information content (AvgIpc) is 2.67.